The molecule has 0 aromatic heterocycles. The zero-order valence-corrected chi connectivity index (χ0v) is 13.0. The van der Waals surface area contributed by atoms with Crippen LogP contribution in [0.4, 0.5) is 11.4 Å². The molecule has 1 atom stereocenters. The van der Waals surface area contributed by atoms with Crippen molar-refractivity contribution in [3.8, 4) is 5.75 Å². The molecule has 2 amide bonds. The van der Waals surface area contributed by atoms with Crippen LogP contribution in [0.3, 0.4) is 0 Å². The third-order valence-electron chi connectivity index (χ3n) is 3.36. The third-order valence-corrected chi connectivity index (χ3v) is 3.36. The molecule has 0 saturated carbocycles. The molecule has 1 heterocycles. The Labute approximate surface area is 125 Å². The Hall–Kier alpha value is -2.04. The fourth-order valence-electron chi connectivity index (χ4n) is 2.39. The Morgan fingerprint density at radius 2 is 2.14 bits per heavy atom. The molecule has 0 fully saturated rings. The summed E-state index contributed by atoms with van der Waals surface area (Å²) in [6, 6.07) is 5.39. The second-order valence-electron chi connectivity index (χ2n) is 5.67. The second kappa shape index (κ2) is 6.16. The quantitative estimate of drug-likeness (QED) is 0.927. The van der Waals surface area contributed by atoms with Crippen LogP contribution in [0.2, 0.25) is 0 Å². The maximum atomic E-state index is 12.1. The van der Waals surface area contributed by atoms with Crippen molar-refractivity contribution in [3.05, 3.63) is 18.2 Å². The number of ether oxygens (including phenoxy) is 1. The molecule has 0 saturated heterocycles. The highest BCUT2D eigenvalue weighted by Crippen LogP contribution is 2.36. The molecule has 1 unspecified atom stereocenters. The topological polar surface area (TPSA) is 58.6 Å². The Balaban J connectivity index is 2.24. The van der Waals surface area contributed by atoms with Gasteiger partial charge in [-0.25, -0.2) is 0 Å². The van der Waals surface area contributed by atoms with E-state index in [1.807, 2.05) is 20.8 Å². The summed E-state index contributed by atoms with van der Waals surface area (Å²) in [7, 11) is 0. The van der Waals surface area contributed by atoms with Crippen LogP contribution < -0.4 is 15.0 Å². The predicted octanol–water partition coefficient (Wildman–Crippen LogP) is 2.81. The van der Waals surface area contributed by atoms with Crippen LogP contribution in [0.1, 0.15) is 34.1 Å². The summed E-state index contributed by atoms with van der Waals surface area (Å²) >= 11 is 0. The van der Waals surface area contributed by atoms with Crippen LogP contribution in [0.25, 0.3) is 0 Å². The Kier molecular flexibility index (Phi) is 4.50. The zero-order valence-electron chi connectivity index (χ0n) is 13.0. The van der Waals surface area contributed by atoms with Crippen molar-refractivity contribution >= 4 is 23.2 Å². The zero-order chi connectivity index (χ0) is 15.6. The summed E-state index contributed by atoms with van der Waals surface area (Å²) in [4.78, 5) is 25.6. The van der Waals surface area contributed by atoms with Crippen LogP contribution in [0, 0.1) is 5.92 Å². The molecule has 1 aromatic rings. The summed E-state index contributed by atoms with van der Waals surface area (Å²) in [5.74, 6) is 0.895. The number of nitrogens with one attached hydrogen (secondary N) is 1. The standard InChI is InChI=1S/C16H22N2O3/c1-5-18-13-9-12(17-15(19)8-10(2)3)6-7-14(13)21-11(4)16(18)20/h6-7,9-11H,5,8H2,1-4H3,(H,17,19). The number of hydrogen-bond acceptors (Lipinski definition) is 3. The number of amides is 2. The summed E-state index contributed by atoms with van der Waals surface area (Å²) in [5.41, 5.74) is 1.40. The van der Waals surface area contributed by atoms with Gasteiger partial charge in [0.25, 0.3) is 5.91 Å². The van der Waals surface area contributed by atoms with Gasteiger partial charge in [-0.3, -0.25) is 9.59 Å². The normalized spacial score (nSPS) is 17.5. The first-order valence-corrected chi connectivity index (χ1v) is 7.34. The molecular weight excluding hydrogens is 268 g/mol. The second-order valence-corrected chi connectivity index (χ2v) is 5.67. The number of carbonyl (C=O) groups excluding carboxylic acids is 2. The molecule has 0 bridgehead atoms. The minimum atomic E-state index is -0.473. The van der Waals surface area contributed by atoms with Crippen LogP contribution >= 0.6 is 0 Å². The largest absolute Gasteiger partial charge is 0.479 e. The van der Waals surface area contributed by atoms with Gasteiger partial charge in [0.05, 0.1) is 5.69 Å². The number of carbonyl (C=O) groups is 2. The first-order chi connectivity index (χ1) is 9.92. The van der Waals surface area contributed by atoms with Gasteiger partial charge in [0, 0.05) is 18.7 Å². The number of benzene rings is 1. The molecule has 1 aliphatic heterocycles. The minimum Gasteiger partial charge on any atom is -0.479 e. The third kappa shape index (κ3) is 3.35. The SMILES string of the molecule is CCN1C(=O)C(C)Oc2ccc(NC(=O)CC(C)C)cc21. The van der Waals surface area contributed by atoms with Crippen LogP contribution in [-0.2, 0) is 9.59 Å². The lowest BCUT2D eigenvalue weighted by Crippen LogP contribution is -2.44. The predicted molar refractivity (Wildman–Crippen MR) is 82.6 cm³/mol. The van der Waals surface area contributed by atoms with E-state index in [4.69, 9.17) is 4.74 Å². The molecule has 5 nitrogen and oxygen atoms in total. The lowest BCUT2D eigenvalue weighted by atomic mass is 10.1. The van der Waals surface area contributed by atoms with Crippen molar-refractivity contribution in [2.45, 2.75) is 40.2 Å². The number of fused-ring (bicyclic) bond motifs is 1. The van der Waals surface area contributed by atoms with E-state index < -0.39 is 6.10 Å². The first-order valence-electron chi connectivity index (χ1n) is 7.34. The highest BCUT2D eigenvalue weighted by Gasteiger charge is 2.30. The van der Waals surface area contributed by atoms with Crippen molar-refractivity contribution in [3.63, 3.8) is 0 Å². The van der Waals surface area contributed by atoms with E-state index in [-0.39, 0.29) is 11.8 Å². The maximum Gasteiger partial charge on any atom is 0.267 e. The van der Waals surface area contributed by atoms with Gasteiger partial charge in [-0.15, -0.1) is 0 Å². The number of nitrogens with zero attached hydrogens (tertiary/aromatic N) is 1. The van der Waals surface area contributed by atoms with Gasteiger partial charge < -0.3 is 15.0 Å². The van der Waals surface area contributed by atoms with E-state index in [0.717, 1.165) is 0 Å². The van der Waals surface area contributed by atoms with Crippen molar-refractivity contribution < 1.29 is 14.3 Å². The van der Waals surface area contributed by atoms with Crippen molar-refractivity contribution in [2.75, 3.05) is 16.8 Å². The van der Waals surface area contributed by atoms with Gasteiger partial charge in [0.2, 0.25) is 5.91 Å². The molecule has 2 rings (SSSR count). The van der Waals surface area contributed by atoms with Gasteiger partial charge in [0.1, 0.15) is 5.75 Å². The van der Waals surface area contributed by atoms with Crippen LogP contribution in [-0.4, -0.2) is 24.5 Å². The number of rotatable bonds is 4. The van der Waals surface area contributed by atoms with E-state index in [9.17, 15) is 9.59 Å². The Morgan fingerprint density at radius 1 is 1.43 bits per heavy atom. The first kappa shape index (κ1) is 15.4. The molecule has 1 aliphatic rings. The summed E-state index contributed by atoms with van der Waals surface area (Å²) in [5, 5.41) is 2.86. The highest BCUT2D eigenvalue weighted by atomic mass is 16.5. The molecule has 0 spiro atoms. The molecular formula is C16H22N2O3. The van der Waals surface area contributed by atoms with Crippen molar-refractivity contribution in [1.82, 2.24) is 0 Å². The fraction of sp³-hybridized carbons (Fsp3) is 0.500. The van der Waals surface area contributed by atoms with E-state index in [0.29, 0.717) is 36.0 Å². The Morgan fingerprint density at radius 3 is 2.76 bits per heavy atom. The summed E-state index contributed by atoms with van der Waals surface area (Å²) in [6.45, 7) is 8.23. The molecule has 1 N–H and O–H groups in total. The Bertz CT molecular complexity index is 554. The van der Waals surface area contributed by atoms with E-state index in [1.54, 1.807) is 30.0 Å². The van der Waals surface area contributed by atoms with Crippen LogP contribution in [0.15, 0.2) is 18.2 Å². The van der Waals surface area contributed by atoms with Gasteiger partial charge in [0.15, 0.2) is 6.10 Å². The fourth-order valence-corrected chi connectivity index (χ4v) is 2.39. The average Bonchev–Trinajstić information content (AvgIpc) is 2.40. The molecule has 0 radical (unpaired) electrons. The lowest BCUT2D eigenvalue weighted by molar-refractivity contribution is -0.125. The maximum absolute atomic E-state index is 12.1. The number of hydrogen-bond donors (Lipinski definition) is 1. The van der Waals surface area contributed by atoms with Crippen molar-refractivity contribution in [2.24, 2.45) is 5.92 Å². The van der Waals surface area contributed by atoms with E-state index >= 15 is 0 Å². The van der Waals surface area contributed by atoms with Gasteiger partial charge in [-0.2, -0.15) is 0 Å². The van der Waals surface area contributed by atoms with Crippen molar-refractivity contribution in [1.29, 1.82) is 0 Å². The van der Waals surface area contributed by atoms with Gasteiger partial charge >= 0.3 is 0 Å². The van der Waals surface area contributed by atoms with E-state index in [2.05, 4.69) is 5.32 Å². The molecule has 21 heavy (non-hydrogen) atoms. The summed E-state index contributed by atoms with van der Waals surface area (Å²) in [6.07, 6.45) is -0.0000482. The molecule has 5 heteroatoms. The average molecular weight is 290 g/mol. The molecule has 1 aromatic carbocycles. The highest BCUT2D eigenvalue weighted by molar-refractivity contribution is 6.01. The van der Waals surface area contributed by atoms with Crippen LogP contribution in [0.5, 0.6) is 5.75 Å². The monoisotopic (exact) mass is 290 g/mol. The van der Waals surface area contributed by atoms with E-state index in [1.165, 1.54) is 0 Å². The number of anilines is 2. The smallest absolute Gasteiger partial charge is 0.267 e. The molecule has 114 valence electrons. The minimum absolute atomic E-state index is 0.0237. The number of likely N-dealkylation sites (N-methyl/N-ethyl adjacent to an activating group) is 1. The lowest BCUT2D eigenvalue weighted by Gasteiger charge is -2.32. The van der Waals surface area contributed by atoms with Gasteiger partial charge in [-0.05, 0) is 38.0 Å². The summed E-state index contributed by atoms with van der Waals surface area (Å²) < 4.78 is 5.60. The van der Waals surface area contributed by atoms with Gasteiger partial charge in [-0.1, -0.05) is 13.8 Å². The molecule has 0 aliphatic carbocycles.